The maximum absolute atomic E-state index is 5.45. The molecule has 1 fully saturated rings. The lowest BCUT2D eigenvalue weighted by Gasteiger charge is -2.19. The Morgan fingerprint density at radius 2 is 2.20 bits per heavy atom. The smallest absolute Gasteiger partial charge is 0.191 e. The van der Waals surface area contributed by atoms with Crippen LogP contribution in [0.5, 0.6) is 0 Å². The van der Waals surface area contributed by atoms with Gasteiger partial charge in [-0.05, 0) is 37.8 Å². The second-order valence-corrected chi connectivity index (χ2v) is 7.55. The molecule has 1 aromatic rings. The normalized spacial score (nSPS) is 19.4. The average Bonchev–Trinajstić information content (AvgIpc) is 3.25. The lowest BCUT2D eigenvalue weighted by Crippen LogP contribution is -2.43. The minimum Gasteiger partial charge on any atom is -0.469 e. The number of nitrogens with zero attached hydrogens (tertiary/aromatic N) is 1. The third-order valence-electron chi connectivity index (χ3n) is 4.58. The van der Waals surface area contributed by atoms with E-state index < -0.39 is 0 Å². The van der Waals surface area contributed by atoms with Crippen molar-refractivity contribution in [3.05, 3.63) is 24.2 Å². The minimum atomic E-state index is 0.424. The van der Waals surface area contributed by atoms with E-state index in [4.69, 9.17) is 14.1 Å². The Hall–Kier alpha value is -1.49. The van der Waals surface area contributed by atoms with Crippen LogP contribution >= 0.6 is 0 Å². The number of hydrogen-bond acceptors (Lipinski definition) is 3. The number of aliphatic imine (C=N–C) groups is 1. The summed E-state index contributed by atoms with van der Waals surface area (Å²) < 4.78 is 10.8. The fourth-order valence-electron chi connectivity index (χ4n) is 3.00. The van der Waals surface area contributed by atoms with Crippen molar-refractivity contribution in [2.75, 3.05) is 26.3 Å². The maximum Gasteiger partial charge on any atom is 0.191 e. The zero-order valence-corrected chi connectivity index (χ0v) is 16.1. The summed E-state index contributed by atoms with van der Waals surface area (Å²) in [5, 5.41) is 7.01. The van der Waals surface area contributed by atoms with Gasteiger partial charge in [-0.25, -0.2) is 0 Å². The molecule has 1 saturated heterocycles. The third kappa shape index (κ3) is 8.43. The van der Waals surface area contributed by atoms with Gasteiger partial charge in [0.05, 0.1) is 12.9 Å². The molecule has 2 heterocycles. The van der Waals surface area contributed by atoms with Crippen molar-refractivity contribution < 1.29 is 9.15 Å². The SMILES string of the molecule is CC(C)CCCC(C)NC(=NCC1CCOC1)NCCc1ccco1. The first kappa shape index (κ1) is 19.8. The van der Waals surface area contributed by atoms with E-state index in [1.54, 1.807) is 6.26 Å². The third-order valence-corrected chi connectivity index (χ3v) is 4.58. The number of furan rings is 1. The van der Waals surface area contributed by atoms with Crippen LogP contribution in [0.4, 0.5) is 0 Å². The average molecular weight is 350 g/mol. The molecule has 2 rings (SSSR count). The summed E-state index contributed by atoms with van der Waals surface area (Å²) in [5.74, 6) is 3.24. The van der Waals surface area contributed by atoms with Crippen LogP contribution in [0.25, 0.3) is 0 Å². The standard InChI is InChI=1S/C20H35N3O2/c1-16(2)6-4-7-17(3)23-20(22-14-18-10-13-24-15-18)21-11-9-19-8-5-12-25-19/h5,8,12,16-18H,4,6-7,9-11,13-15H2,1-3H3,(H2,21,22,23). The zero-order valence-electron chi connectivity index (χ0n) is 16.1. The van der Waals surface area contributed by atoms with Gasteiger partial charge in [0, 0.05) is 38.1 Å². The van der Waals surface area contributed by atoms with E-state index in [9.17, 15) is 0 Å². The molecular weight excluding hydrogens is 314 g/mol. The van der Waals surface area contributed by atoms with Crippen molar-refractivity contribution in [1.82, 2.24) is 10.6 Å². The van der Waals surface area contributed by atoms with Crippen LogP contribution in [0, 0.1) is 11.8 Å². The fraction of sp³-hybridized carbons (Fsp3) is 0.750. The highest BCUT2D eigenvalue weighted by molar-refractivity contribution is 5.80. The molecule has 5 nitrogen and oxygen atoms in total. The highest BCUT2D eigenvalue weighted by Crippen LogP contribution is 2.12. The molecule has 0 aliphatic carbocycles. The summed E-state index contributed by atoms with van der Waals surface area (Å²) in [4.78, 5) is 4.79. The monoisotopic (exact) mass is 349 g/mol. The molecule has 2 unspecified atom stereocenters. The van der Waals surface area contributed by atoms with Crippen LogP contribution in [0.2, 0.25) is 0 Å². The van der Waals surface area contributed by atoms with Gasteiger partial charge in [-0.15, -0.1) is 0 Å². The van der Waals surface area contributed by atoms with Crippen molar-refractivity contribution in [1.29, 1.82) is 0 Å². The van der Waals surface area contributed by atoms with E-state index in [2.05, 4.69) is 31.4 Å². The summed E-state index contributed by atoms with van der Waals surface area (Å²) in [6.07, 6.45) is 7.41. The van der Waals surface area contributed by atoms with Crippen molar-refractivity contribution in [3.8, 4) is 0 Å². The molecule has 25 heavy (non-hydrogen) atoms. The Balaban J connectivity index is 1.78. The summed E-state index contributed by atoms with van der Waals surface area (Å²) in [7, 11) is 0. The lowest BCUT2D eigenvalue weighted by atomic mass is 10.0. The summed E-state index contributed by atoms with van der Waals surface area (Å²) >= 11 is 0. The van der Waals surface area contributed by atoms with Gasteiger partial charge in [0.1, 0.15) is 5.76 Å². The Morgan fingerprint density at radius 3 is 2.88 bits per heavy atom. The molecule has 5 heteroatoms. The first-order valence-corrected chi connectivity index (χ1v) is 9.78. The van der Waals surface area contributed by atoms with E-state index in [0.29, 0.717) is 12.0 Å². The van der Waals surface area contributed by atoms with Gasteiger partial charge >= 0.3 is 0 Å². The second kappa shape index (κ2) is 11.2. The van der Waals surface area contributed by atoms with Gasteiger partial charge in [0.25, 0.3) is 0 Å². The van der Waals surface area contributed by atoms with Crippen molar-refractivity contribution in [3.63, 3.8) is 0 Å². The number of nitrogens with one attached hydrogen (secondary N) is 2. The number of ether oxygens (including phenoxy) is 1. The first-order chi connectivity index (χ1) is 12.1. The summed E-state index contributed by atoms with van der Waals surface area (Å²) in [6, 6.07) is 4.36. The van der Waals surface area contributed by atoms with Gasteiger partial charge in [0.15, 0.2) is 5.96 Å². The molecular formula is C20H35N3O2. The molecule has 0 amide bonds. The molecule has 0 bridgehead atoms. The number of hydrogen-bond donors (Lipinski definition) is 2. The summed E-state index contributed by atoms with van der Waals surface area (Å²) in [5.41, 5.74) is 0. The first-order valence-electron chi connectivity index (χ1n) is 9.78. The van der Waals surface area contributed by atoms with E-state index in [-0.39, 0.29) is 0 Å². The van der Waals surface area contributed by atoms with Crippen LogP contribution in [0.15, 0.2) is 27.8 Å². The van der Waals surface area contributed by atoms with Gasteiger partial charge in [-0.1, -0.05) is 26.7 Å². The van der Waals surface area contributed by atoms with E-state index in [1.807, 2.05) is 12.1 Å². The van der Waals surface area contributed by atoms with Crippen molar-refractivity contribution in [2.45, 2.75) is 58.9 Å². The van der Waals surface area contributed by atoms with Crippen LogP contribution in [0.1, 0.15) is 52.2 Å². The summed E-state index contributed by atoms with van der Waals surface area (Å²) in [6.45, 7) is 10.2. The van der Waals surface area contributed by atoms with Crippen molar-refractivity contribution in [2.24, 2.45) is 16.8 Å². The molecule has 1 aliphatic rings. The Labute approximate surface area is 152 Å². The van der Waals surface area contributed by atoms with Gasteiger partial charge < -0.3 is 19.8 Å². The van der Waals surface area contributed by atoms with E-state index in [1.165, 1.54) is 19.3 Å². The predicted molar refractivity (Wildman–Crippen MR) is 103 cm³/mol. The highest BCUT2D eigenvalue weighted by Gasteiger charge is 2.15. The Kier molecular flexibility index (Phi) is 8.87. The molecule has 142 valence electrons. The minimum absolute atomic E-state index is 0.424. The molecule has 0 radical (unpaired) electrons. The van der Waals surface area contributed by atoms with Gasteiger partial charge in [0.2, 0.25) is 0 Å². The van der Waals surface area contributed by atoms with Crippen molar-refractivity contribution >= 4 is 5.96 Å². The van der Waals surface area contributed by atoms with Crippen LogP contribution in [-0.4, -0.2) is 38.3 Å². The molecule has 0 saturated carbocycles. The van der Waals surface area contributed by atoms with Crippen LogP contribution < -0.4 is 10.6 Å². The fourth-order valence-corrected chi connectivity index (χ4v) is 3.00. The molecule has 1 aliphatic heterocycles. The van der Waals surface area contributed by atoms with Crippen LogP contribution in [-0.2, 0) is 11.2 Å². The Morgan fingerprint density at radius 1 is 1.32 bits per heavy atom. The predicted octanol–water partition coefficient (Wildman–Crippen LogP) is 3.61. The topological polar surface area (TPSA) is 58.8 Å². The molecule has 0 aromatic carbocycles. The van der Waals surface area contributed by atoms with Gasteiger partial charge in [-0.3, -0.25) is 4.99 Å². The highest BCUT2D eigenvalue weighted by atomic mass is 16.5. The van der Waals surface area contributed by atoms with E-state index >= 15 is 0 Å². The Bertz CT molecular complexity index is 479. The lowest BCUT2D eigenvalue weighted by molar-refractivity contribution is 0.187. The van der Waals surface area contributed by atoms with Crippen LogP contribution in [0.3, 0.4) is 0 Å². The molecule has 0 spiro atoms. The molecule has 1 aromatic heterocycles. The largest absolute Gasteiger partial charge is 0.469 e. The van der Waals surface area contributed by atoms with E-state index in [0.717, 1.165) is 56.8 Å². The maximum atomic E-state index is 5.45. The quantitative estimate of drug-likeness (QED) is 0.500. The number of rotatable bonds is 10. The number of guanidine groups is 1. The van der Waals surface area contributed by atoms with Gasteiger partial charge in [-0.2, -0.15) is 0 Å². The second-order valence-electron chi connectivity index (χ2n) is 7.55. The molecule has 2 N–H and O–H groups in total. The molecule has 2 atom stereocenters. The zero-order chi connectivity index (χ0) is 17.9.